The number of benzene rings is 1. The fourth-order valence-electron chi connectivity index (χ4n) is 2.42. The third-order valence-corrected chi connectivity index (χ3v) is 3.62. The second-order valence-corrected chi connectivity index (χ2v) is 6.41. The number of aliphatic carboxylic acids is 1. The molecule has 1 unspecified atom stereocenters. The van der Waals surface area contributed by atoms with Gasteiger partial charge in [-0.3, -0.25) is 9.59 Å². The van der Waals surface area contributed by atoms with E-state index in [1.165, 1.54) is 5.56 Å². The van der Waals surface area contributed by atoms with Gasteiger partial charge in [-0.15, -0.1) is 0 Å². The molecule has 2 aromatic rings. The van der Waals surface area contributed by atoms with Crippen LogP contribution in [0.3, 0.4) is 0 Å². The van der Waals surface area contributed by atoms with Gasteiger partial charge >= 0.3 is 12.1 Å². The summed E-state index contributed by atoms with van der Waals surface area (Å²) in [5.41, 5.74) is 6.06. The number of nitrogens with one attached hydrogen (secondary N) is 1. The van der Waals surface area contributed by atoms with Gasteiger partial charge in [-0.1, -0.05) is 44.2 Å². The highest BCUT2D eigenvalue weighted by molar-refractivity contribution is 5.73. The van der Waals surface area contributed by atoms with E-state index in [0.717, 1.165) is 12.8 Å². The Hall–Kier alpha value is -2.84. The largest absolute Gasteiger partial charge is 0.490 e. The van der Waals surface area contributed by atoms with E-state index in [0.29, 0.717) is 5.92 Å². The molecule has 0 fully saturated rings. The van der Waals surface area contributed by atoms with Crippen LogP contribution in [0.1, 0.15) is 25.8 Å². The molecule has 1 atom stereocenters. The van der Waals surface area contributed by atoms with Crippen molar-refractivity contribution < 1.29 is 23.1 Å². The van der Waals surface area contributed by atoms with E-state index in [1.807, 2.05) is 18.2 Å². The Balaban J connectivity index is 0.000000445. The minimum Gasteiger partial charge on any atom is -0.475 e. The molecule has 0 bridgehead atoms. The zero-order valence-electron chi connectivity index (χ0n) is 14.8. The van der Waals surface area contributed by atoms with Gasteiger partial charge in [0.25, 0.3) is 10.9 Å². The number of carbonyl (C=O) groups is 1. The molecule has 4 N–H and O–H groups in total. The van der Waals surface area contributed by atoms with Crippen LogP contribution in [0.4, 0.5) is 24.5 Å². The summed E-state index contributed by atoms with van der Waals surface area (Å²) in [5, 5.41) is 10.3. The van der Waals surface area contributed by atoms with E-state index < -0.39 is 23.0 Å². The highest BCUT2D eigenvalue weighted by Crippen LogP contribution is 2.18. The van der Waals surface area contributed by atoms with Crippen LogP contribution >= 0.6 is 0 Å². The van der Waals surface area contributed by atoms with Gasteiger partial charge in [-0.05, 0) is 24.3 Å². The fraction of sp³-hybridized carbons (Fsp3) is 0.389. The van der Waals surface area contributed by atoms with E-state index in [9.17, 15) is 22.8 Å². The summed E-state index contributed by atoms with van der Waals surface area (Å²) in [4.78, 5) is 31.6. The average Bonchev–Trinajstić information content (AvgIpc) is 2.58. The van der Waals surface area contributed by atoms with Crippen LogP contribution in [0.2, 0.25) is 0 Å². The Morgan fingerprint density at radius 3 is 2.07 bits per heavy atom. The lowest BCUT2D eigenvalue weighted by Crippen LogP contribution is -2.40. The second kappa shape index (κ2) is 9.20. The lowest BCUT2D eigenvalue weighted by Gasteiger charge is -2.23. The first-order valence-electron chi connectivity index (χ1n) is 8.12. The van der Waals surface area contributed by atoms with Crippen LogP contribution in [-0.2, 0) is 11.2 Å². The Labute approximate surface area is 153 Å². The quantitative estimate of drug-likeness (QED) is 0.659. The number of carboxylic acids is 1. The molecule has 0 aliphatic heterocycles. The highest BCUT2D eigenvalue weighted by atomic mass is 19.4. The smallest absolute Gasteiger partial charge is 0.475 e. The van der Waals surface area contributed by atoms with Crippen LogP contribution in [0.5, 0.6) is 0 Å². The summed E-state index contributed by atoms with van der Waals surface area (Å²) in [7, 11) is 0. The fourth-order valence-corrected chi connectivity index (χ4v) is 2.42. The SMILES string of the molecule is CC(C)CC(Cc1ccccc1)Nc1c(N)c(=O)c1=O.O=C(O)C(F)(F)F. The van der Waals surface area contributed by atoms with Crippen molar-refractivity contribution in [3.05, 3.63) is 56.3 Å². The van der Waals surface area contributed by atoms with Crippen molar-refractivity contribution in [3.8, 4) is 0 Å². The van der Waals surface area contributed by atoms with Crippen LogP contribution in [0.15, 0.2) is 39.9 Å². The van der Waals surface area contributed by atoms with Gasteiger partial charge in [-0.2, -0.15) is 13.2 Å². The molecule has 0 saturated carbocycles. The molecular formula is C18H21F3N2O4. The number of alkyl halides is 3. The predicted octanol–water partition coefficient (Wildman–Crippen LogP) is 2.57. The second-order valence-electron chi connectivity index (χ2n) is 6.41. The van der Waals surface area contributed by atoms with Gasteiger partial charge in [0, 0.05) is 6.04 Å². The zero-order valence-corrected chi connectivity index (χ0v) is 14.8. The van der Waals surface area contributed by atoms with Gasteiger partial charge in [0.15, 0.2) is 0 Å². The summed E-state index contributed by atoms with van der Waals surface area (Å²) >= 11 is 0. The van der Waals surface area contributed by atoms with Crippen LogP contribution < -0.4 is 21.9 Å². The number of rotatable bonds is 6. The van der Waals surface area contributed by atoms with E-state index in [2.05, 4.69) is 31.3 Å². The molecule has 2 rings (SSSR count). The van der Waals surface area contributed by atoms with Crippen LogP contribution in [0.25, 0.3) is 0 Å². The summed E-state index contributed by atoms with van der Waals surface area (Å²) in [5.74, 6) is -2.27. The van der Waals surface area contributed by atoms with Crippen molar-refractivity contribution in [2.75, 3.05) is 11.1 Å². The molecule has 2 aromatic carbocycles. The first-order valence-corrected chi connectivity index (χ1v) is 8.12. The molecular weight excluding hydrogens is 365 g/mol. The van der Waals surface area contributed by atoms with E-state index in [1.54, 1.807) is 0 Å². The molecule has 0 aliphatic rings. The van der Waals surface area contributed by atoms with Crippen molar-refractivity contribution in [2.45, 2.75) is 38.9 Å². The molecule has 0 aromatic heterocycles. The normalized spacial score (nSPS) is 12.4. The zero-order chi connectivity index (χ0) is 20.8. The molecule has 0 heterocycles. The first-order chi connectivity index (χ1) is 12.4. The Morgan fingerprint density at radius 1 is 1.15 bits per heavy atom. The predicted molar refractivity (Wildman–Crippen MR) is 96.5 cm³/mol. The summed E-state index contributed by atoms with van der Waals surface area (Å²) in [6, 6.07) is 10.2. The molecule has 0 spiro atoms. The third-order valence-electron chi connectivity index (χ3n) is 3.62. The number of hydrogen-bond acceptors (Lipinski definition) is 5. The van der Waals surface area contributed by atoms with E-state index in [-0.39, 0.29) is 17.4 Å². The van der Waals surface area contributed by atoms with Gasteiger partial charge in [0.1, 0.15) is 11.4 Å². The van der Waals surface area contributed by atoms with Crippen LogP contribution in [-0.4, -0.2) is 23.3 Å². The summed E-state index contributed by atoms with van der Waals surface area (Å²) in [6.45, 7) is 4.26. The van der Waals surface area contributed by atoms with Crippen molar-refractivity contribution in [1.82, 2.24) is 0 Å². The highest BCUT2D eigenvalue weighted by Gasteiger charge is 2.38. The Kier molecular flexibility index (Phi) is 7.56. The number of halogens is 3. The van der Waals surface area contributed by atoms with Gasteiger partial charge in [-0.25, -0.2) is 4.79 Å². The molecule has 0 aliphatic carbocycles. The van der Waals surface area contributed by atoms with Crippen LogP contribution in [0, 0.1) is 5.92 Å². The molecule has 9 heteroatoms. The lowest BCUT2D eigenvalue weighted by molar-refractivity contribution is -0.192. The van der Waals surface area contributed by atoms with Crippen molar-refractivity contribution in [1.29, 1.82) is 0 Å². The number of nitrogens with two attached hydrogens (primary N) is 1. The standard InChI is InChI=1S/C16H20N2O2.C2HF3O2/c1-10(2)8-12(9-11-6-4-3-5-7-11)18-14-13(17)15(19)16(14)20;3-2(4,5)1(6)7/h3-7,10,12,18H,8-9,17H2,1-2H3;(H,6,7). The minimum atomic E-state index is -5.08. The number of carboxylic acid groups (broad SMARTS) is 1. The van der Waals surface area contributed by atoms with Gasteiger partial charge in [0.05, 0.1) is 0 Å². The van der Waals surface area contributed by atoms with E-state index >= 15 is 0 Å². The van der Waals surface area contributed by atoms with Gasteiger partial charge in [0.2, 0.25) is 0 Å². The maximum absolute atomic E-state index is 11.5. The molecule has 0 saturated heterocycles. The number of anilines is 2. The molecule has 27 heavy (non-hydrogen) atoms. The summed E-state index contributed by atoms with van der Waals surface area (Å²) < 4.78 is 31.7. The molecule has 6 nitrogen and oxygen atoms in total. The maximum atomic E-state index is 11.5. The number of nitrogen functional groups attached to an aromatic ring is 1. The van der Waals surface area contributed by atoms with Crippen molar-refractivity contribution in [3.63, 3.8) is 0 Å². The monoisotopic (exact) mass is 386 g/mol. The first kappa shape index (κ1) is 22.2. The van der Waals surface area contributed by atoms with Crippen molar-refractivity contribution in [2.24, 2.45) is 5.92 Å². The van der Waals surface area contributed by atoms with Gasteiger partial charge < -0.3 is 16.2 Å². The average molecular weight is 386 g/mol. The Bertz CT molecular complexity index is 825. The third kappa shape index (κ3) is 6.76. The molecule has 0 radical (unpaired) electrons. The minimum absolute atomic E-state index is 0.0665. The summed E-state index contributed by atoms with van der Waals surface area (Å²) in [6.07, 6.45) is -3.37. The maximum Gasteiger partial charge on any atom is 0.490 e. The number of hydrogen-bond donors (Lipinski definition) is 3. The van der Waals surface area contributed by atoms with Crippen molar-refractivity contribution >= 4 is 17.3 Å². The topological polar surface area (TPSA) is 109 Å². The Morgan fingerprint density at radius 2 is 1.67 bits per heavy atom. The van der Waals surface area contributed by atoms with E-state index in [4.69, 9.17) is 15.6 Å². The molecule has 148 valence electrons. The lowest BCUT2D eigenvalue weighted by atomic mass is 9.96. The molecule has 0 amide bonds.